The van der Waals surface area contributed by atoms with Crippen LogP contribution in [0.15, 0.2) is 0 Å². The lowest BCUT2D eigenvalue weighted by Crippen LogP contribution is -2.21. The van der Waals surface area contributed by atoms with E-state index in [2.05, 4.69) is 13.8 Å². The molecule has 0 radical (unpaired) electrons. The Morgan fingerprint density at radius 3 is 1.30 bits per heavy atom. The van der Waals surface area contributed by atoms with Crippen molar-refractivity contribution in [1.29, 1.82) is 0 Å². The molecular formula is C23H44O4. The summed E-state index contributed by atoms with van der Waals surface area (Å²) in [6.07, 6.45) is 15.8. The molecule has 0 aliphatic carbocycles. The third-order valence-electron chi connectivity index (χ3n) is 4.88. The average molecular weight is 385 g/mol. The highest BCUT2D eigenvalue weighted by Gasteiger charge is 2.17. The molecule has 0 fully saturated rings. The van der Waals surface area contributed by atoms with Gasteiger partial charge in [-0.1, -0.05) is 78.1 Å². The Hall–Kier alpha value is -1.06. The van der Waals surface area contributed by atoms with Crippen LogP contribution in [0.5, 0.6) is 0 Å². The molecule has 4 heteroatoms. The summed E-state index contributed by atoms with van der Waals surface area (Å²) in [6, 6.07) is 0. The second-order valence-electron chi connectivity index (χ2n) is 7.89. The minimum Gasteiger partial charge on any atom is -0.462 e. The van der Waals surface area contributed by atoms with Crippen LogP contribution in [0.3, 0.4) is 0 Å². The Labute approximate surface area is 167 Å². The topological polar surface area (TPSA) is 52.6 Å². The van der Waals surface area contributed by atoms with Crippen LogP contribution >= 0.6 is 0 Å². The summed E-state index contributed by atoms with van der Waals surface area (Å²) in [4.78, 5) is 23.7. The summed E-state index contributed by atoms with van der Waals surface area (Å²) in [5, 5.41) is 0. The summed E-state index contributed by atoms with van der Waals surface area (Å²) in [5.74, 6) is -0.935. The first kappa shape index (κ1) is 25.9. The molecule has 2 unspecified atom stereocenters. The van der Waals surface area contributed by atoms with Gasteiger partial charge in [0, 0.05) is 0 Å². The number of hydrogen-bond acceptors (Lipinski definition) is 4. The number of unbranched alkanes of at least 4 members (excludes halogenated alkanes) is 10. The van der Waals surface area contributed by atoms with E-state index < -0.39 is 11.9 Å². The molecule has 0 bridgehead atoms. The van der Waals surface area contributed by atoms with Crippen LogP contribution in [0.2, 0.25) is 0 Å². The summed E-state index contributed by atoms with van der Waals surface area (Å²) < 4.78 is 10.7. The SMILES string of the molecule is CCCCCCCCC(C)OC(=O)CC(=O)OC(C)CCCCCCCC. The number of hydrogen-bond donors (Lipinski definition) is 0. The number of rotatable bonds is 18. The third-order valence-corrected chi connectivity index (χ3v) is 4.88. The fourth-order valence-corrected chi connectivity index (χ4v) is 3.19. The van der Waals surface area contributed by atoms with Gasteiger partial charge in [0.25, 0.3) is 0 Å². The predicted octanol–water partition coefficient (Wildman–Crippen LogP) is 6.74. The van der Waals surface area contributed by atoms with E-state index in [0.29, 0.717) is 0 Å². The van der Waals surface area contributed by atoms with Crippen LogP contribution in [0, 0.1) is 0 Å². The number of carbonyl (C=O) groups excluding carboxylic acids is 2. The van der Waals surface area contributed by atoms with Gasteiger partial charge in [-0.15, -0.1) is 0 Å². The first-order valence-electron chi connectivity index (χ1n) is 11.4. The molecule has 0 N–H and O–H groups in total. The second-order valence-corrected chi connectivity index (χ2v) is 7.89. The molecule has 0 aromatic heterocycles. The first-order chi connectivity index (χ1) is 13.0. The zero-order chi connectivity index (χ0) is 20.3. The maximum Gasteiger partial charge on any atom is 0.317 e. The van der Waals surface area contributed by atoms with Gasteiger partial charge in [0.2, 0.25) is 0 Å². The molecule has 0 aromatic carbocycles. The Bertz CT molecular complexity index is 333. The molecule has 160 valence electrons. The van der Waals surface area contributed by atoms with Gasteiger partial charge in [-0.05, 0) is 39.5 Å². The van der Waals surface area contributed by atoms with Crippen molar-refractivity contribution in [1.82, 2.24) is 0 Å². The van der Waals surface area contributed by atoms with Crippen LogP contribution in [-0.2, 0) is 19.1 Å². The Morgan fingerprint density at radius 2 is 0.926 bits per heavy atom. The zero-order valence-corrected chi connectivity index (χ0v) is 18.4. The van der Waals surface area contributed by atoms with Gasteiger partial charge in [-0.25, -0.2) is 0 Å². The first-order valence-corrected chi connectivity index (χ1v) is 11.4. The van der Waals surface area contributed by atoms with Crippen molar-refractivity contribution in [3.05, 3.63) is 0 Å². The monoisotopic (exact) mass is 384 g/mol. The lowest BCUT2D eigenvalue weighted by atomic mass is 10.1. The molecular weight excluding hydrogens is 340 g/mol. The maximum absolute atomic E-state index is 11.9. The molecule has 0 rings (SSSR count). The summed E-state index contributed by atoms with van der Waals surface area (Å²) in [6.45, 7) is 8.22. The minimum absolute atomic E-state index is 0.128. The zero-order valence-electron chi connectivity index (χ0n) is 18.4. The highest BCUT2D eigenvalue weighted by molar-refractivity contribution is 5.91. The van der Waals surface area contributed by atoms with Crippen molar-refractivity contribution in [2.24, 2.45) is 0 Å². The van der Waals surface area contributed by atoms with Crippen LogP contribution in [-0.4, -0.2) is 24.1 Å². The second kappa shape index (κ2) is 18.3. The normalized spacial score (nSPS) is 13.2. The maximum atomic E-state index is 11.9. The highest BCUT2D eigenvalue weighted by Crippen LogP contribution is 2.12. The fourth-order valence-electron chi connectivity index (χ4n) is 3.19. The Kier molecular flexibility index (Phi) is 17.6. The molecule has 0 aromatic rings. The van der Waals surface area contributed by atoms with E-state index in [9.17, 15) is 9.59 Å². The van der Waals surface area contributed by atoms with E-state index in [1.807, 2.05) is 13.8 Å². The Balaban J connectivity index is 3.70. The number of esters is 2. The molecule has 4 nitrogen and oxygen atoms in total. The van der Waals surface area contributed by atoms with Crippen LogP contribution in [0.4, 0.5) is 0 Å². The molecule has 0 heterocycles. The van der Waals surface area contributed by atoms with Crippen molar-refractivity contribution >= 4 is 11.9 Å². The lowest BCUT2D eigenvalue weighted by Gasteiger charge is -2.15. The standard InChI is InChI=1S/C23H44O4/c1-5-7-9-11-13-15-17-20(3)26-22(24)19-23(25)27-21(4)18-16-14-12-10-8-6-2/h20-21H,5-19H2,1-4H3. The van der Waals surface area contributed by atoms with Crippen molar-refractivity contribution in [2.75, 3.05) is 0 Å². The van der Waals surface area contributed by atoms with E-state index in [4.69, 9.17) is 9.47 Å². The van der Waals surface area contributed by atoms with Gasteiger partial charge in [-0.2, -0.15) is 0 Å². The molecule has 0 aliphatic heterocycles. The molecule has 0 saturated heterocycles. The Morgan fingerprint density at radius 1 is 0.593 bits per heavy atom. The smallest absolute Gasteiger partial charge is 0.317 e. The van der Waals surface area contributed by atoms with Gasteiger partial charge in [-0.3, -0.25) is 9.59 Å². The number of ether oxygens (including phenoxy) is 2. The third kappa shape index (κ3) is 18.1. The van der Waals surface area contributed by atoms with Gasteiger partial charge in [0.1, 0.15) is 6.42 Å². The van der Waals surface area contributed by atoms with Crippen molar-refractivity contribution in [3.63, 3.8) is 0 Å². The van der Waals surface area contributed by atoms with Crippen molar-refractivity contribution in [2.45, 2.75) is 136 Å². The van der Waals surface area contributed by atoms with Gasteiger partial charge in [0.15, 0.2) is 0 Å². The van der Waals surface area contributed by atoms with Gasteiger partial charge < -0.3 is 9.47 Å². The van der Waals surface area contributed by atoms with E-state index >= 15 is 0 Å². The fraction of sp³-hybridized carbons (Fsp3) is 0.913. The molecule has 27 heavy (non-hydrogen) atoms. The molecule has 0 aliphatic rings. The predicted molar refractivity (Wildman–Crippen MR) is 112 cm³/mol. The van der Waals surface area contributed by atoms with Gasteiger partial charge in [0.05, 0.1) is 12.2 Å². The summed E-state index contributed by atoms with van der Waals surface area (Å²) in [5.41, 5.74) is 0. The highest BCUT2D eigenvalue weighted by atomic mass is 16.6. The van der Waals surface area contributed by atoms with Crippen LogP contribution in [0.1, 0.15) is 124 Å². The number of carbonyl (C=O) groups is 2. The van der Waals surface area contributed by atoms with E-state index in [1.165, 1.54) is 64.2 Å². The quantitative estimate of drug-likeness (QED) is 0.149. The summed E-state index contributed by atoms with van der Waals surface area (Å²) >= 11 is 0. The van der Waals surface area contributed by atoms with E-state index in [1.54, 1.807) is 0 Å². The molecule has 0 spiro atoms. The average Bonchev–Trinajstić information content (AvgIpc) is 2.60. The van der Waals surface area contributed by atoms with Crippen LogP contribution in [0.25, 0.3) is 0 Å². The molecule has 2 atom stereocenters. The largest absolute Gasteiger partial charge is 0.462 e. The van der Waals surface area contributed by atoms with Gasteiger partial charge >= 0.3 is 11.9 Å². The van der Waals surface area contributed by atoms with Crippen molar-refractivity contribution < 1.29 is 19.1 Å². The molecule has 0 amide bonds. The van der Waals surface area contributed by atoms with E-state index in [0.717, 1.165) is 25.7 Å². The van der Waals surface area contributed by atoms with E-state index in [-0.39, 0.29) is 18.6 Å². The minimum atomic E-state index is -0.467. The van der Waals surface area contributed by atoms with Crippen LogP contribution < -0.4 is 0 Å². The molecule has 0 saturated carbocycles. The van der Waals surface area contributed by atoms with Crippen molar-refractivity contribution in [3.8, 4) is 0 Å². The summed E-state index contributed by atoms with van der Waals surface area (Å²) in [7, 11) is 0. The lowest BCUT2D eigenvalue weighted by molar-refractivity contribution is -0.159.